The summed E-state index contributed by atoms with van der Waals surface area (Å²) in [4.78, 5) is 18.3. The zero-order chi connectivity index (χ0) is 37.7. The number of ether oxygens (including phenoxy) is 2. The standard InChI is InChI=1S/C43H66N4O3S/c1-11-13-14-15-16-18-23-34(3)35(4)24-21-27-36(22-12-2)43(37-25-19-17-20-26-37,38-28-30-39(49-10)31-29-38)51-33-32-45-46-40(44-8)47(9)41(48)50-42(5,6)7/h12,17,19-22,25-31,34-35,45H,2,11,13-16,18,23-24,32-33H2,1,3-10H3,(H,44,46)/b27-21-,36-22+. The van der Waals surface area contributed by atoms with Crippen molar-refractivity contribution in [3.05, 3.63) is 102 Å². The van der Waals surface area contributed by atoms with Crippen LogP contribution in [0, 0.1) is 11.8 Å². The summed E-state index contributed by atoms with van der Waals surface area (Å²) in [5, 5.41) is 0. The third-order valence-corrected chi connectivity index (χ3v) is 10.7. The van der Waals surface area contributed by atoms with Gasteiger partial charge in [-0.3, -0.25) is 10.4 Å². The number of thioether (sulfide) groups is 1. The van der Waals surface area contributed by atoms with Crippen LogP contribution < -0.4 is 15.6 Å². The van der Waals surface area contributed by atoms with Crippen molar-refractivity contribution in [1.82, 2.24) is 15.8 Å². The number of hydrazine groups is 1. The van der Waals surface area contributed by atoms with E-state index in [1.54, 1.807) is 21.2 Å². The van der Waals surface area contributed by atoms with Crippen molar-refractivity contribution < 1.29 is 14.3 Å². The quantitative estimate of drug-likeness (QED) is 0.0440. The Labute approximate surface area is 314 Å². The van der Waals surface area contributed by atoms with E-state index in [1.807, 2.05) is 50.7 Å². The lowest BCUT2D eigenvalue weighted by molar-refractivity contribution is 0.0395. The van der Waals surface area contributed by atoms with E-state index in [-0.39, 0.29) is 0 Å². The fourth-order valence-corrected chi connectivity index (χ4v) is 7.36. The molecule has 2 rings (SSSR count). The number of nitrogens with one attached hydrogen (secondary N) is 2. The molecule has 3 unspecified atom stereocenters. The van der Waals surface area contributed by atoms with E-state index in [0.717, 1.165) is 29.1 Å². The van der Waals surface area contributed by atoms with Gasteiger partial charge in [0.1, 0.15) is 11.4 Å². The molecule has 2 N–H and O–H groups in total. The lowest BCUT2D eigenvalue weighted by Gasteiger charge is -2.36. The molecule has 0 heterocycles. The maximum atomic E-state index is 12.7. The molecular formula is C43H66N4O3S. The smallest absolute Gasteiger partial charge is 0.416 e. The molecule has 0 radical (unpaired) electrons. The summed E-state index contributed by atoms with van der Waals surface area (Å²) in [6, 6.07) is 19.1. The Hall–Kier alpha value is -3.49. The van der Waals surface area contributed by atoms with Gasteiger partial charge in [0.15, 0.2) is 0 Å². The van der Waals surface area contributed by atoms with Crippen molar-refractivity contribution in [3.63, 3.8) is 0 Å². The topological polar surface area (TPSA) is 75.2 Å². The molecule has 0 bridgehead atoms. The minimum atomic E-state index is -0.606. The number of hydrogen-bond donors (Lipinski definition) is 2. The van der Waals surface area contributed by atoms with Crippen LogP contribution in [0.25, 0.3) is 0 Å². The normalized spacial score (nSPS) is 14.8. The Morgan fingerprint density at radius 3 is 2.24 bits per heavy atom. The molecule has 8 heteroatoms. The van der Waals surface area contributed by atoms with Gasteiger partial charge in [-0.1, -0.05) is 139 Å². The number of allylic oxidation sites excluding steroid dienone is 4. The summed E-state index contributed by atoms with van der Waals surface area (Å²) in [5.41, 5.74) is 9.25. The van der Waals surface area contributed by atoms with Gasteiger partial charge >= 0.3 is 6.09 Å². The molecule has 0 saturated carbocycles. The minimum Gasteiger partial charge on any atom is -0.497 e. The first-order valence-electron chi connectivity index (χ1n) is 18.7. The highest BCUT2D eigenvalue weighted by Gasteiger charge is 2.37. The molecule has 0 spiro atoms. The third-order valence-electron chi connectivity index (χ3n) is 9.11. The summed E-state index contributed by atoms with van der Waals surface area (Å²) in [6.07, 6.45) is 18.6. The van der Waals surface area contributed by atoms with Crippen LogP contribution in [-0.2, 0) is 9.48 Å². The number of hydrogen-bond acceptors (Lipinski definition) is 6. The fourth-order valence-electron chi connectivity index (χ4n) is 5.94. The van der Waals surface area contributed by atoms with Crippen molar-refractivity contribution in [3.8, 4) is 5.75 Å². The predicted octanol–water partition coefficient (Wildman–Crippen LogP) is 10.7. The highest BCUT2D eigenvalue weighted by molar-refractivity contribution is 8.00. The van der Waals surface area contributed by atoms with Crippen LogP contribution in [0.2, 0.25) is 0 Å². The Bertz CT molecular complexity index is 1380. The molecule has 0 fully saturated rings. The summed E-state index contributed by atoms with van der Waals surface area (Å²) >= 11 is 1.85. The second-order valence-electron chi connectivity index (χ2n) is 14.3. The highest BCUT2D eigenvalue weighted by Crippen LogP contribution is 2.49. The molecule has 0 aliphatic rings. The number of nitrogens with zero attached hydrogens (tertiary/aromatic N) is 2. The molecule has 2 aromatic rings. The van der Waals surface area contributed by atoms with Gasteiger partial charge in [-0.25, -0.2) is 15.1 Å². The number of rotatable bonds is 21. The number of benzene rings is 2. The Morgan fingerprint density at radius 1 is 0.980 bits per heavy atom. The summed E-state index contributed by atoms with van der Waals surface area (Å²) in [7, 11) is 4.97. The first-order valence-corrected chi connectivity index (χ1v) is 19.7. The van der Waals surface area contributed by atoms with Gasteiger partial charge in [-0.2, -0.15) is 0 Å². The van der Waals surface area contributed by atoms with Gasteiger partial charge in [0.25, 0.3) is 0 Å². The SMILES string of the molecule is C=C/C=C(\C=C/CC(C)C(C)CCCCCCCC)C(SCCNNC(=NC)N(C)C(=O)OC(C)(C)C)(c1ccccc1)c1ccc(OC)cc1. The van der Waals surface area contributed by atoms with Crippen molar-refractivity contribution in [2.45, 2.75) is 103 Å². The lowest BCUT2D eigenvalue weighted by atomic mass is 9.82. The number of aliphatic imine (C=N–C) groups is 1. The Kier molecular flexibility index (Phi) is 19.8. The van der Waals surface area contributed by atoms with Crippen molar-refractivity contribution in [2.75, 3.05) is 33.5 Å². The molecule has 1 amide bonds. The van der Waals surface area contributed by atoms with Crippen LogP contribution in [0.5, 0.6) is 5.75 Å². The van der Waals surface area contributed by atoms with Gasteiger partial charge in [0.2, 0.25) is 5.96 Å². The molecular weight excluding hydrogens is 653 g/mol. The zero-order valence-electron chi connectivity index (χ0n) is 33.0. The van der Waals surface area contributed by atoms with Gasteiger partial charge in [0.05, 0.1) is 11.9 Å². The molecule has 0 saturated heterocycles. The van der Waals surface area contributed by atoms with Crippen LogP contribution in [0.15, 0.2) is 96.0 Å². The van der Waals surface area contributed by atoms with Crippen molar-refractivity contribution >= 4 is 23.8 Å². The van der Waals surface area contributed by atoms with Crippen LogP contribution in [0.4, 0.5) is 4.79 Å². The summed E-state index contributed by atoms with van der Waals surface area (Å²) < 4.78 is 10.5. The highest BCUT2D eigenvalue weighted by atomic mass is 32.2. The zero-order valence-corrected chi connectivity index (χ0v) is 33.8. The second-order valence-corrected chi connectivity index (χ2v) is 15.6. The lowest BCUT2D eigenvalue weighted by Crippen LogP contribution is -2.50. The van der Waals surface area contributed by atoms with E-state index in [1.165, 1.54) is 55.4 Å². The molecule has 2 aromatic carbocycles. The summed E-state index contributed by atoms with van der Waals surface area (Å²) in [5.74, 6) is 3.18. The van der Waals surface area contributed by atoms with Crippen molar-refractivity contribution in [1.29, 1.82) is 0 Å². The van der Waals surface area contributed by atoms with Gasteiger partial charge in [-0.15, -0.1) is 11.8 Å². The van der Waals surface area contributed by atoms with E-state index in [9.17, 15) is 4.79 Å². The Balaban J connectivity index is 2.34. The largest absolute Gasteiger partial charge is 0.497 e. The first-order chi connectivity index (χ1) is 24.4. The first kappa shape index (κ1) is 43.7. The number of methoxy groups -OCH3 is 1. The van der Waals surface area contributed by atoms with E-state index in [0.29, 0.717) is 24.3 Å². The predicted molar refractivity (Wildman–Crippen MR) is 220 cm³/mol. The molecule has 3 atom stereocenters. The minimum absolute atomic E-state index is 0.369. The number of amides is 1. The molecule has 0 aromatic heterocycles. The van der Waals surface area contributed by atoms with Crippen LogP contribution in [0.3, 0.4) is 0 Å². The van der Waals surface area contributed by atoms with Gasteiger partial charge in [-0.05, 0) is 67.9 Å². The van der Waals surface area contributed by atoms with E-state index in [4.69, 9.17) is 9.47 Å². The Morgan fingerprint density at radius 2 is 1.63 bits per heavy atom. The van der Waals surface area contributed by atoms with E-state index < -0.39 is 16.4 Å². The maximum absolute atomic E-state index is 12.7. The molecule has 282 valence electrons. The maximum Gasteiger partial charge on any atom is 0.416 e. The van der Waals surface area contributed by atoms with Crippen LogP contribution >= 0.6 is 11.8 Å². The number of carbonyl (C=O) groups excluding carboxylic acids is 1. The molecule has 7 nitrogen and oxygen atoms in total. The van der Waals surface area contributed by atoms with E-state index >= 15 is 0 Å². The van der Waals surface area contributed by atoms with Crippen molar-refractivity contribution in [2.24, 2.45) is 16.8 Å². The number of unbranched alkanes of at least 4 members (excludes halogenated alkanes) is 5. The molecule has 51 heavy (non-hydrogen) atoms. The van der Waals surface area contributed by atoms with Crippen LogP contribution in [0.1, 0.15) is 104 Å². The average Bonchev–Trinajstić information content (AvgIpc) is 3.12. The van der Waals surface area contributed by atoms with Crippen LogP contribution in [-0.4, -0.2) is 56.1 Å². The third kappa shape index (κ3) is 14.6. The average molecular weight is 719 g/mol. The van der Waals surface area contributed by atoms with E-state index in [2.05, 4.69) is 104 Å². The van der Waals surface area contributed by atoms with Gasteiger partial charge < -0.3 is 9.47 Å². The second kappa shape index (κ2) is 23.1. The summed E-state index contributed by atoms with van der Waals surface area (Å²) in [6.45, 7) is 17.3. The number of guanidine groups is 1. The monoisotopic (exact) mass is 718 g/mol. The fraction of sp³-hybridized carbons (Fsp3) is 0.535. The van der Waals surface area contributed by atoms with Gasteiger partial charge in [0, 0.05) is 26.4 Å². The molecule has 0 aliphatic carbocycles. The molecule has 0 aliphatic heterocycles. The number of carbonyl (C=O) groups is 1.